The van der Waals surface area contributed by atoms with Gasteiger partial charge in [0.15, 0.2) is 0 Å². The number of fused-ring (bicyclic) bond motifs is 1. The van der Waals surface area contributed by atoms with Crippen LogP contribution in [0.1, 0.15) is 27.0 Å². The molecule has 0 fully saturated rings. The number of aromatic nitrogens is 3. The molecule has 1 amide bonds. The topological polar surface area (TPSA) is 63.1 Å². The Morgan fingerprint density at radius 3 is 2.73 bits per heavy atom. The molecule has 1 aromatic carbocycles. The number of amides is 1. The molecule has 1 N–H and O–H groups in total. The molecule has 4 rings (SSSR count). The Morgan fingerprint density at radius 2 is 2.00 bits per heavy atom. The maximum Gasteiger partial charge on any atom is 0.254 e. The molecule has 1 aliphatic heterocycles. The monoisotopic (exact) mass is 347 g/mol. The van der Waals surface area contributed by atoms with Crippen molar-refractivity contribution in [3.8, 4) is 0 Å². The van der Waals surface area contributed by atoms with E-state index in [0.717, 1.165) is 30.9 Å². The fourth-order valence-electron chi connectivity index (χ4n) is 3.22. The third-order valence-corrected chi connectivity index (χ3v) is 4.68. The van der Waals surface area contributed by atoms with Gasteiger partial charge in [0.05, 0.1) is 11.8 Å². The summed E-state index contributed by atoms with van der Waals surface area (Å²) >= 11 is 0. The number of hydrogen-bond donors (Lipinski definition) is 1. The van der Waals surface area contributed by atoms with Crippen LogP contribution in [0.25, 0.3) is 0 Å². The van der Waals surface area contributed by atoms with E-state index < -0.39 is 0 Å². The quantitative estimate of drug-likeness (QED) is 0.787. The van der Waals surface area contributed by atoms with Gasteiger partial charge in [-0.05, 0) is 29.2 Å². The maximum absolute atomic E-state index is 12.1. The first-order valence-electron chi connectivity index (χ1n) is 8.72. The fraction of sp³-hybridized carbons (Fsp3) is 0.250. The number of nitrogens with one attached hydrogen (secondary N) is 1. The summed E-state index contributed by atoms with van der Waals surface area (Å²) in [7, 11) is 1.79. The third-order valence-electron chi connectivity index (χ3n) is 4.68. The zero-order chi connectivity index (χ0) is 17.9. The lowest BCUT2D eigenvalue weighted by atomic mass is 10.00. The largest absolute Gasteiger partial charge is 0.352 e. The average Bonchev–Trinajstić information content (AvgIpc) is 3.12. The normalized spacial score (nSPS) is 13.3. The van der Waals surface area contributed by atoms with Crippen molar-refractivity contribution in [2.24, 2.45) is 7.05 Å². The third kappa shape index (κ3) is 3.44. The van der Waals surface area contributed by atoms with Crippen molar-refractivity contribution in [2.45, 2.75) is 19.5 Å². The predicted molar refractivity (Wildman–Crippen MR) is 99.8 cm³/mol. The molecule has 0 atom stereocenters. The highest BCUT2D eigenvalue weighted by Gasteiger charge is 2.16. The van der Waals surface area contributed by atoms with Crippen molar-refractivity contribution in [2.75, 3.05) is 11.4 Å². The Morgan fingerprint density at radius 1 is 1.15 bits per heavy atom. The number of anilines is 1. The molecule has 132 valence electrons. The lowest BCUT2D eigenvalue weighted by Crippen LogP contribution is -2.31. The SMILES string of the molecule is Cn1cc(C(=O)NCc2ccc(N3CCc4ccccc4C3)nc2)cn1. The maximum atomic E-state index is 12.1. The van der Waals surface area contributed by atoms with Crippen molar-refractivity contribution in [3.63, 3.8) is 0 Å². The van der Waals surface area contributed by atoms with E-state index in [0.29, 0.717) is 12.1 Å². The Balaban J connectivity index is 1.37. The van der Waals surface area contributed by atoms with Gasteiger partial charge in [-0.3, -0.25) is 9.48 Å². The molecule has 0 saturated heterocycles. The van der Waals surface area contributed by atoms with E-state index in [-0.39, 0.29) is 5.91 Å². The molecule has 3 heterocycles. The van der Waals surface area contributed by atoms with Crippen LogP contribution in [0.4, 0.5) is 5.82 Å². The molecule has 26 heavy (non-hydrogen) atoms. The first-order chi connectivity index (χ1) is 12.7. The lowest BCUT2D eigenvalue weighted by Gasteiger charge is -2.29. The number of aryl methyl sites for hydroxylation is 1. The van der Waals surface area contributed by atoms with E-state index in [1.54, 1.807) is 24.1 Å². The second-order valence-electron chi connectivity index (χ2n) is 6.55. The minimum Gasteiger partial charge on any atom is -0.352 e. The second kappa shape index (κ2) is 7.00. The summed E-state index contributed by atoms with van der Waals surface area (Å²) in [4.78, 5) is 18.9. The highest BCUT2D eigenvalue weighted by atomic mass is 16.1. The Hall–Kier alpha value is -3.15. The van der Waals surface area contributed by atoms with Gasteiger partial charge >= 0.3 is 0 Å². The molecule has 0 aliphatic carbocycles. The first kappa shape index (κ1) is 16.3. The molecule has 0 spiro atoms. The number of benzene rings is 1. The fourth-order valence-corrected chi connectivity index (χ4v) is 3.22. The van der Waals surface area contributed by atoms with Gasteiger partial charge in [-0.1, -0.05) is 30.3 Å². The van der Waals surface area contributed by atoms with Crippen LogP contribution in [0, 0.1) is 0 Å². The van der Waals surface area contributed by atoms with Crippen LogP contribution in [-0.2, 0) is 26.6 Å². The van der Waals surface area contributed by atoms with Crippen molar-refractivity contribution in [1.29, 1.82) is 0 Å². The van der Waals surface area contributed by atoms with E-state index in [1.165, 1.54) is 11.1 Å². The number of carbonyl (C=O) groups excluding carboxylic acids is 1. The molecule has 6 nitrogen and oxygen atoms in total. The van der Waals surface area contributed by atoms with Gasteiger partial charge < -0.3 is 10.2 Å². The van der Waals surface area contributed by atoms with Gasteiger partial charge in [-0.2, -0.15) is 5.10 Å². The number of rotatable bonds is 4. The summed E-state index contributed by atoms with van der Waals surface area (Å²) < 4.78 is 1.61. The van der Waals surface area contributed by atoms with Gasteiger partial charge in [0, 0.05) is 39.1 Å². The number of hydrogen-bond acceptors (Lipinski definition) is 4. The minimum absolute atomic E-state index is 0.130. The van der Waals surface area contributed by atoms with Crippen molar-refractivity contribution in [1.82, 2.24) is 20.1 Å². The van der Waals surface area contributed by atoms with E-state index >= 15 is 0 Å². The van der Waals surface area contributed by atoms with Crippen molar-refractivity contribution in [3.05, 3.63) is 77.2 Å². The highest BCUT2D eigenvalue weighted by Crippen LogP contribution is 2.22. The van der Waals surface area contributed by atoms with Crippen LogP contribution in [0.2, 0.25) is 0 Å². The van der Waals surface area contributed by atoms with Gasteiger partial charge in [-0.15, -0.1) is 0 Å². The summed E-state index contributed by atoms with van der Waals surface area (Å²) in [6, 6.07) is 12.6. The predicted octanol–water partition coefficient (Wildman–Crippen LogP) is 2.31. The second-order valence-corrected chi connectivity index (χ2v) is 6.55. The van der Waals surface area contributed by atoms with Crippen molar-refractivity contribution < 1.29 is 4.79 Å². The molecule has 6 heteroatoms. The van der Waals surface area contributed by atoms with Gasteiger partial charge in [0.2, 0.25) is 0 Å². The van der Waals surface area contributed by atoms with Crippen molar-refractivity contribution >= 4 is 11.7 Å². The molecule has 3 aromatic rings. The molecular weight excluding hydrogens is 326 g/mol. The van der Waals surface area contributed by atoms with Crippen LogP contribution >= 0.6 is 0 Å². The van der Waals surface area contributed by atoms with Gasteiger partial charge in [0.1, 0.15) is 5.82 Å². The molecule has 1 aliphatic rings. The molecular formula is C20H21N5O. The summed E-state index contributed by atoms with van der Waals surface area (Å²) in [6.45, 7) is 2.31. The van der Waals surface area contributed by atoms with Crippen LogP contribution in [0.15, 0.2) is 55.0 Å². The Kier molecular flexibility index (Phi) is 4.39. The summed E-state index contributed by atoms with van der Waals surface area (Å²) in [5.74, 6) is 0.844. The van der Waals surface area contributed by atoms with Gasteiger partial charge in [-0.25, -0.2) is 4.98 Å². The first-order valence-corrected chi connectivity index (χ1v) is 8.72. The Labute approximate surface area is 152 Å². The molecule has 0 saturated carbocycles. The lowest BCUT2D eigenvalue weighted by molar-refractivity contribution is 0.0951. The van der Waals surface area contributed by atoms with E-state index in [9.17, 15) is 4.79 Å². The number of carbonyl (C=O) groups is 1. The number of pyridine rings is 1. The number of nitrogens with zero attached hydrogens (tertiary/aromatic N) is 4. The molecule has 2 aromatic heterocycles. The van der Waals surface area contributed by atoms with E-state index in [1.807, 2.05) is 18.3 Å². The standard InChI is InChI=1S/C20H21N5O/c1-24-13-18(12-23-24)20(26)22-11-15-6-7-19(21-10-15)25-9-8-16-4-2-3-5-17(16)14-25/h2-7,10,12-13H,8-9,11,14H2,1H3,(H,22,26). The molecule has 0 unspecified atom stereocenters. The van der Waals surface area contributed by atoms with E-state index in [2.05, 4.69) is 44.6 Å². The molecule has 0 radical (unpaired) electrons. The highest BCUT2D eigenvalue weighted by molar-refractivity contribution is 5.93. The summed E-state index contributed by atoms with van der Waals surface area (Å²) in [6.07, 6.45) is 6.13. The average molecular weight is 347 g/mol. The van der Waals surface area contributed by atoms with Crippen LogP contribution in [0.5, 0.6) is 0 Å². The Bertz CT molecular complexity index is 916. The van der Waals surface area contributed by atoms with Crippen LogP contribution in [0.3, 0.4) is 0 Å². The van der Waals surface area contributed by atoms with Crippen LogP contribution < -0.4 is 10.2 Å². The van der Waals surface area contributed by atoms with Crippen LogP contribution in [-0.4, -0.2) is 27.2 Å². The van der Waals surface area contributed by atoms with Gasteiger partial charge in [0.25, 0.3) is 5.91 Å². The molecule has 0 bridgehead atoms. The zero-order valence-corrected chi connectivity index (χ0v) is 14.7. The minimum atomic E-state index is -0.130. The van der Waals surface area contributed by atoms with E-state index in [4.69, 9.17) is 0 Å². The zero-order valence-electron chi connectivity index (χ0n) is 14.7. The smallest absolute Gasteiger partial charge is 0.254 e. The summed E-state index contributed by atoms with van der Waals surface area (Å²) in [5.41, 5.74) is 4.33. The summed E-state index contributed by atoms with van der Waals surface area (Å²) in [5, 5.41) is 6.90.